The minimum absolute atomic E-state index is 0.119. The van der Waals surface area contributed by atoms with Crippen LogP contribution in [-0.2, 0) is 10.2 Å². The van der Waals surface area contributed by atoms with E-state index >= 15 is 0 Å². The van der Waals surface area contributed by atoms with E-state index < -0.39 is 5.41 Å². The number of benzene rings is 2. The van der Waals surface area contributed by atoms with Crippen molar-refractivity contribution in [2.24, 2.45) is 0 Å². The van der Waals surface area contributed by atoms with Crippen molar-refractivity contribution in [3.8, 4) is 5.75 Å². The first-order valence-corrected chi connectivity index (χ1v) is 9.19. The summed E-state index contributed by atoms with van der Waals surface area (Å²) in [5, 5.41) is 3.05. The molecule has 1 aliphatic carbocycles. The molecule has 1 fully saturated rings. The molecule has 0 heterocycles. The second-order valence-corrected chi connectivity index (χ2v) is 7.22. The lowest BCUT2D eigenvalue weighted by Gasteiger charge is -2.36. The highest BCUT2D eigenvalue weighted by molar-refractivity contribution is 5.99. The van der Waals surface area contributed by atoms with Crippen LogP contribution in [0.2, 0.25) is 0 Å². The summed E-state index contributed by atoms with van der Waals surface area (Å²) in [5.74, 6) is 0.405. The molecule has 0 bridgehead atoms. The molecule has 3 nitrogen and oxygen atoms in total. The summed E-state index contributed by atoms with van der Waals surface area (Å²) in [4.78, 5) is 13.3. The van der Waals surface area contributed by atoms with Gasteiger partial charge in [-0.15, -0.1) is 0 Å². The van der Waals surface area contributed by atoms with E-state index in [-0.39, 0.29) is 11.7 Å². The molecular weight excluding hydrogens is 329 g/mol. The number of methoxy groups -OCH3 is 1. The van der Waals surface area contributed by atoms with Crippen molar-refractivity contribution in [2.75, 3.05) is 12.4 Å². The van der Waals surface area contributed by atoms with Crippen molar-refractivity contribution < 1.29 is 13.9 Å². The van der Waals surface area contributed by atoms with Crippen LogP contribution in [0, 0.1) is 19.7 Å². The maximum atomic E-state index is 14.5. The van der Waals surface area contributed by atoms with Crippen LogP contribution in [0.5, 0.6) is 5.75 Å². The number of hydrogen-bond acceptors (Lipinski definition) is 2. The maximum absolute atomic E-state index is 14.5. The van der Waals surface area contributed by atoms with Crippen molar-refractivity contribution in [1.82, 2.24) is 0 Å². The zero-order valence-electron chi connectivity index (χ0n) is 15.7. The lowest BCUT2D eigenvalue weighted by molar-refractivity contribution is -0.122. The summed E-state index contributed by atoms with van der Waals surface area (Å²) in [6, 6.07) is 10.5. The topological polar surface area (TPSA) is 38.3 Å². The van der Waals surface area contributed by atoms with Gasteiger partial charge in [-0.2, -0.15) is 0 Å². The summed E-state index contributed by atoms with van der Waals surface area (Å²) >= 11 is 0. The maximum Gasteiger partial charge on any atom is 0.235 e. The van der Waals surface area contributed by atoms with Crippen LogP contribution < -0.4 is 10.1 Å². The van der Waals surface area contributed by atoms with Crippen molar-refractivity contribution >= 4 is 11.6 Å². The first-order valence-electron chi connectivity index (χ1n) is 9.19. The number of anilines is 1. The molecule has 0 saturated heterocycles. The average molecular weight is 355 g/mol. The number of amides is 1. The fourth-order valence-corrected chi connectivity index (χ4v) is 4.22. The van der Waals surface area contributed by atoms with Gasteiger partial charge >= 0.3 is 0 Å². The zero-order valence-corrected chi connectivity index (χ0v) is 15.7. The largest absolute Gasteiger partial charge is 0.496 e. The molecule has 2 aromatic carbocycles. The Morgan fingerprint density at radius 2 is 1.69 bits per heavy atom. The van der Waals surface area contributed by atoms with Gasteiger partial charge in [0.05, 0.1) is 12.5 Å². The van der Waals surface area contributed by atoms with Gasteiger partial charge in [-0.1, -0.05) is 37.5 Å². The predicted octanol–water partition coefficient (Wildman–Crippen LogP) is 5.29. The quantitative estimate of drug-likeness (QED) is 0.809. The molecule has 2 aromatic rings. The van der Waals surface area contributed by atoms with E-state index in [9.17, 15) is 9.18 Å². The number of nitrogens with one attached hydrogen (secondary N) is 1. The Morgan fingerprint density at radius 3 is 2.27 bits per heavy atom. The van der Waals surface area contributed by atoms with Crippen LogP contribution >= 0.6 is 0 Å². The van der Waals surface area contributed by atoms with Gasteiger partial charge in [-0.25, -0.2) is 4.39 Å². The van der Waals surface area contributed by atoms with E-state index in [1.165, 1.54) is 6.07 Å². The van der Waals surface area contributed by atoms with Gasteiger partial charge in [0.25, 0.3) is 0 Å². The lowest BCUT2D eigenvalue weighted by Crippen LogP contribution is -2.42. The molecule has 0 aromatic heterocycles. The Labute approximate surface area is 154 Å². The lowest BCUT2D eigenvalue weighted by atomic mass is 9.68. The summed E-state index contributed by atoms with van der Waals surface area (Å²) in [6.07, 6.45) is 4.30. The minimum Gasteiger partial charge on any atom is -0.496 e. The highest BCUT2D eigenvalue weighted by atomic mass is 19.1. The Balaban J connectivity index is 1.96. The Morgan fingerprint density at radius 1 is 1.08 bits per heavy atom. The van der Waals surface area contributed by atoms with Gasteiger partial charge in [0.1, 0.15) is 11.6 Å². The molecule has 0 radical (unpaired) electrons. The van der Waals surface area contributed by atoms with Gasteiger partial charge in [0.15, 0.2) is 0 Å². The van der Waals surface area contributed by atoms with Crippen LogP contribution in [0.3, 0.4) is 0 Å². The van der Waals surface area contributed by atoms with E-state index in [1.54, 1.807) is 19.2 Å². The Bertz CT molecular complexity index is 787. The third-order valence-corrected chi connectivity index (χ3v) is 5.45. The second kappa shape index (κ2) is 7.48. The molecule has 4 heteroatoms. The van der Waals surface area contributed by atoms with Gasteiger partial charge in [-0.05, 0) is 56.0 Å². The van der Waals surface area contributed by atoms with E-state index in [2.05, 4.69) is 5.32 Å². The van der Waals surface area contributed by atoms with Crippen LogP contribution in [-0.4, -0.2) is 13.0 Å². The zero-order chi connectivity index (χ0) is 18.7. The van der Waals surface area contributed by atoms with E-state index in [4.69, 9.17) is 4.74 Å². The molecule has 1 aliphatic rings. The van der Waals surface area contributed by atoms with E-state index in [1.807, 2.05) is 32.0 Å². The molecule has 0 unspecified atom stereocenters. The molecule has 0 aliphatic heterocycles. The molecule has 26 heavy (non-hydrogen) atoms. The summed E-state index contributed by atoms with van der Waals surface area (Å²) in [6.45, 7) is 3.91. The number of hydrogen-bond donors (Lipinski definition) is 1. The van der Waals surface area contributed by atoms with Crippen molar-refractivity contribution in [3.05, 3.63) is 58.9 Å². The number of carbonyl (C=O) groups excluding carboxylic acids is 1. The standard InChI is InChI=1S/C22H26FNO2/c1-15-13-17(14-16(2)20(15)26-3)24-21(25)22(11-7-4-8-12-22)18-9-5-6-10-19(18)23/h5-6,9-10,13-14H,4,7-8,11-12H2,1-3H3,(H,24,25). The first kappa shape index (κ1) is 18.4. The average Bonchev–Trinajstić information content (AvgIpc) is 2.62. The van der Waals surface area contributed by atoms with Gasteiger partial charge in [0.2, 0.25) is 5.91 Å². The van der Waals surface area contributed by atoms with Gasteiger partial charge in [-0.3, -0.25) is 4.79 Å². The Hall–Kier alpha value is -2.36. The molecule has 138 valence electrons. The minimum atomic E-state index is -0.800. The number of aryl methyl sites for hydroxylation is 2. The van der Waals surface area contributed by atoms with E-state index in [0.717, 1.165) is 41.8 Å². The molecule has 1 saturated carbocycles. The molecule has 0 spiro atoms. The molecule has 3 rings (SSSR count). The monoisotopic (exact) mass is 355 g/mol. The van der Waals surface area contributed by atoms with Gasteiger partial charge < -0.3 is 10.1 Å². The molecule has 0 atom stereocenters. The SMILES string of the molecule is COc1c(C)cc(NC(=O)C2(c3ccccc3F)CCCCC2)cc1C. The third-order valence-electron chi connectivity index (χ3n) is 5.45. The van der Waals surface area contributed by atoms with E-state index in [0.29, 0.717) is 18.4 Å². The molecule has 1 amide bonds. The predicted molar refractivity (Wildman–Crippen MR) is 102 cm³/mol. The first-order chi connectivity index (χ1) is 12.5. The van der Waals surface area contributed by atoms with Crippen LogP contribution in [0.1, 0.15) is 48.8 Å². The molecular formula is C22H26FNO2. The summed E-state index contributed by atoms with van der Waals surface area (Å²) < 4.78 is 19.9. The van der Waals surface area contributed by atoms with Crippen LogP contribution in [0.25, 0.3) is 0 Å². The van der Waals surface area contributed by atoms with Crippen molar-refractivity contribution in [1.29, 1.82) is 0 Å². The van der Waals surface area contributed by atoms with Crippen molar-refractivity contribution in [3.63, 3.8) is 0 Å². The highest BCUT2D eigenvalue weighted by Gasteiger charge is 2.42. The fraction of sp³-hybridized carbons (Fsp3) is 0.409. The third kappa shape index (κ3) is 3.33. The smallest absolute Gasteiger partial charge is 0.235 e. The number of halogens is 1. The number of carbonyl (C=O) groups is 1. The number of ether oxygens (including phenoxy) is 1. The normalized spacial score (nSPS) is 16.2. The fourth-order valence-electron chi connectivity index (χ4n) is 4.22. The van der Waals surface area contributed by atoms with Crippen LogP contribution in [0.4, 0.5) is 10.1 Å². The summed E-state index contributed by atoms with van der Waals surface area (Å²) in [5.41, 5.74) is 2.37. The van der Waals surface area contributed by atoms with Crippen LogP contribution in [0.15, 0.2) is 36.4 Å². The second-order valence-electron chi connectivity index (χ2n) is 7.22. The number of rotatable bonds is 4. The van der Waals surface area contributed by atoms with Gasteiger partial charge in [0, 0.05) is 11.3 Å². The van der Waals surface area contributed by atoms with Crippen molar-refractivity contribution in [2.45, 2.75) is 51.4 Å². The molecule has 1 N–H and O–H groups in total. The Kier molecular flexibility index (Phi) is 5.30. The highest BCUT2D eigenvalue weighted by Crippen LogP contribution is 2.41. The summed E-state index contributed by atoms with van der Waals surface area (Å²) in [7, 11) is 1.64.